The number of rotatable bonds is 10. The predicted octanol–water partition coefficient (Wildman–Crippen LogP) is 13.5. The average Bonchev–Trinajstić information content (AvgIpc) is 3.67. The van der Waals surface area contributed by atoms with Crippen molar-refractivity contribution in [2.45, 2.75) is 94.0 Å². The Morgan fingerprint density at radius 2 is 1.00 bits per heavy atom. The van der Waals surface area contributed by atoms with Crippen LogP contribution >= 0.6 is 17.0 Å². The van der Waals surface area contributed by atoms with Crippen molar-refractivity contribution in [1.82, 2.24) is 0 Å². The van der Waals surface area contributed by atoms with E-state index in [1.54, 1.807) is 0 Å². The monoisotopic (exact) mass is 755 g/mol. The fourth-order valence-corrected chi connectivity index (χ4v) is 63.0. The molecule has 2 atom stereocenters. The number of fused-ring (bicyclic) bond motifs is 2. The number of hydrogen-bond donors (Lipinski definition) is 0. The second-order valence-electron chi connectivity index (χ2n) is 14.2. The minimum atomic E-state index is -4.90. The molecule has 0 N–H and O–H groups in total. The van der Waals surface area contributed by atoms with Crippen LogP contribution in [0.25, 0.3) is 34.4 Å². The molecule has 4 aromatic rings. The molecular weight excluding hydrogens is 707 g/mol. The quantitative estimate of drug-likeness (QED) is 0.141. The molecule has 4 heteroatoms. The van der Waals surface area contributed by atoms with Crippen molar-refractivity contribution < 1.29 is 15.6 Å². The number of aryl methyl sites for hydroxylation is 4. The maximum atomic E-state index is 8.87. The van der Waals surface area contributed by atoms with E-state index in [0.717, 1.165) is 31.4 Å². The third-order valence-corrected chi connectivity index (χ3v) is 61.7. The van der Waals surface area contributed by atoms with Gasteiger partial charge in [0.05, 0.1) is 0 Å². The van der Waals surface area contributed by atoms with Gasteiger partial charge < -0.3 is 0 Å². The van der Waals surface area contributed by atoms with E-state index in [4.69, 9.17) is 17.0 Å². The Morgan fingerprint density at radius 3 is 1.43 bits per heavy atom. The van der Waals surface area contributed by atoms with E-state index < -0.39 is 21.5 Å². The van der Waals surface area contributed by atoms with Crippen LogP contribution in [-0.4, -0.2) is 5.92 Å². The summed E-state index contributed by atoms with van der Waals surface area (Å²) in [4.78, 5) is 0. The van der Waals surface area contributed by atoms with Gasteiger partial charge in [0.1, 0.15) is 0 Å². The molecule has 6 rings (SSSR count). The molecule has 245 valence electrons. The van der Waals surface area contributed by atoms with Gasteiger partial charge in [-0.15, -0.1) is 0 Å². The first-order chi connectivity index (χ1) is 22.5. The summed E-state index contributed by atoms with van der Waals surface area (Å²) in [5.41, 5.74) is 19.0. The van der Waals surface area contributed by atoms with Gasteiger partial charge in [-0.3, -0.25) is 0 Å². The van der Waals surface area contributed by atoms with Crippen molar-refractivity contribution in [3.8, 4) is 22.3 Å². The summed E-state index contributed by atoms with van der Waals surface area (Å²) in [6.07, 6.45) is 8.04. The molecule has 0 aromatic heterocycles. The topological polar surface area (TPSA) is 0 Å². The second kappa shape index (κ2) is 13.4. The van der Waals surface area contributed by atoms with Crippen molar-refractivity contribution in [1.29, 1.82) is 0 Å². The van der Waals surface area contributed by atoms with E-state index in [9.17, 15) is 0 Å². The van der Waals surface area contributed by atoms with Crippen LogP contribution in [0.3, 0.4) is 0 Å². The first kappa shape index (κ1) is 34.9. The van der Waals surface area contributed by atoms with Crippen molar-refractivity contribution in [3.63, 3.8) is 0 Å². The summed E-state index contributed by atoms with van der Waals surface area (Å²) in [7, 11) is 17.7. The summed E-state index contributed by atoms with van der Waals surface area (Å²) in [6, 6.07) is 29.9. The van der Waals surface area contributed by atoms with Crippen molar-refractivity contribution in [2.24, 2.45) is 0 Å². The molecule has 0 saturated carbocycles. The first-order valence-corrected chi connectivity index (χ1v) is 33.6. The number of benzene rings is 4. The van der Waals surface area contributed by atoms with Crippen molar-refractivity contribution >= 4 is 35.1 Å². The summed E-state index contributed by atoms with van der Waals surface area (Å²) in [5.74, 6) is -1.64. The van der Waals surface area contributed by atoms with Gasteiger partial charge in [-0.25, -0.2) is 0 Å². The van der Waals surface area contributed by atoms with Crippen LogP contribution in [0.15, 0.2) is 83.9 Å². The van der Waals surface area contributed by atoms with E-state index in [1.165, 1.54) is 77.9 Å². The zero-order chi connectivity index (χ0) is 33.7. The van der Waals surface area contributed by atoms with E-state index >= 15 is 0 Å². The van der Waals surface area contributed by atoms with Crippen LogP contribution in [0.5, 0.6) is 0 Å². The van der Waals surface area contributed by atoms with Gasteiger partial charge in [-0.1, -0.05) is 0 Å². The molecule has 0 amide bonds. The molecule has 2 unspecified atom stereocenters. The van der Waals surface area contributed by atoms with Crippen LogP contribution in [0.4, 0.5) is 0 Å². The Bertz CT molecular complexity index is 1880. The standard InChI is InChI=1S/C20H21.C19H19.C4H11Si.2ClH.Zr/c1-4-15-7-9-17(10-8-15)18-11-6-14(3)19-12-16(5-2)13-20(18)19;1-4-15-6-8-16(9-7-15)17-10-5-14(3)18-11-13(2)12-19(17)18;1-3-5-4-2;;;/h6-13H,4-5H2,1-3H3;5-12H,4H2,1-3H3;5H,3-4H2,1-2H3;2*1H;/q;;;;;+2/p-2. The molecule has 2 aliphatic carbocycles. The zero-order valence-electron chi connectivity index (χ0n) is 29.6. The number of hydrogen-bond acceptors (Lipinski definition) is 0. The van der Waals surface area contributed by atoms with Gasteiger partial charge >= 0.3 is 295 Å². The Balaban J connectivity index is 1.61. The molecule has 0 aliphatic heterocycles. The van der Waals surface area contributed by atoms with Gasteiger partial charge in [0.15, 0.2) is 0 Å². The maximum absolute atomic E-state index is 8.87. The van der Waals surface area contributed by atoms with Crippen LogP contribution in [0, 0.1) is 13.8 Å². The first-order valence-electron chi connectivity index (χ1n) is 17.9. The van der Waals surface area contributed by atoms with Gasteiger partial charge in [-0.05, 0) is 0 Å². The Morgan fingerprint density at radius 1 is 0.553 bits per heavy atom. The summed E-state index contributed by atoms with van der Waals surface area (Å²) >= 11 is -4.90. The van der Waals surface area contributed by atoms with Crippen LogP contribution < -0.4 is 0 Å². The van der Waals surface area contributed by atoms with Crippen LogP contribution in [0.2, 0.25) is 12.1 Å². The molecule has 0 radical (unpaired) electrons. The Labute approximate surface area is 293 Å². The van der Waals surface area contributed by atoms with Gasteiger partial charge in [-0.2, -0.15) is 0 Å². The van der Waals surface area contributed by atoms with E-state index in [1.807, 2.05) is 0 Å². The second-order valence-corrected chi connectivity index (χ2v) is 54.9. The summed E-state index contributed by atoms with van der Waals surface area (Å²) in [5, 5.41) is 0. The van der Waals surface area contributed by atoms with Crippen molar-refractivity contribution in [3.05, 3.63) is 128 Å². The fourth-order valence-electron chi connectivity index (χ4n) is 9.26. The average molecular weight is 758 g/mol. The van der Waals surface area contributed by atoms with E-state index in [0.29, 0.717) is 0 Å². The van der Waals surface area contributed by atoms with Crippen LogP contribution in [-0.2, 0) is 28.4 Å². The normalized spacial score (nSPS) is 18.1. The molecule has 0 nitrogen and oxygen atoms in total. The van der Waals surface area contributed by atoms with Gasteiger partial charge in [0.2, 0.25) is 0 Å². The molecule has 0 spiro atoms. The molecule has 0 saturated heterocycles. The molecule has 0 fully saturated rings. The molecule has 0 bridgehead atoms. The molecule has 0 heterocycles. The van der Waals surface area contributed by atoms with E-state index in [2.05, 4.69) is 140 Å². The fraction of sp³-hybridized carbons (Fsp3) is 0.349. The zero-order valence-corrected chi connectivity index (χ0v) is 34.7. The number of halogens is 2. The molecule has 4 aromatic carbocycles. The predicted molar refractivity (Wildman–Crippen MR) is 209 cm³/mol. The third kappa shape index (κ3) is 5.59. The SMILES string of the molecule is CCC1=Cc2c(-c3ccc(CC)cc3)ccc(C)c2[CH]1[Zr]([Cl])([Cl])([CH]1C(C)=Cc2c(-c3ccc(CC)cc3)ccc(C)c21)[SiH](CC)CC. The minimum absolute atomic E-state index is 0.110. The van der Waals surface area contributed by atoms with Crippen molar-refractivity contribution in [2.75, 3.05) is 0 Å². The number of allylic oxidation sites excluding steroid dienone is 2. The third-order valence-electron chi connectivity index (χ3n) is 11.7. The van der Waals surface area contributed by atoms with Gasteiger partial charge in [0.25, 0.3) is 0 Å². The van der Waals surface area contributed by atoms with E-state index in [-0.39, 0.29) is 7.25 Å². The molecule has 2 aliphatic rings. The van der Waals surface area contributed by atoms with Crippen LogP contribution in [0.1, 0.15) is 99.7 Å². The molecular formula is C43H51Cl2SiZr. The Hall–Kier alpha value is -1.96. The summed E-state index contributed by atoms with van der Waals surface area (Å²) < 4.78 is 0.233. The molecule has 47 heavy (non-hydrogen) atoms. The Kier molecular flexibility index (Phi) is 9.94. The van der Waals surface area contributed by atoms with Gasteiger partial charge in [0, 0.05) is 0 Å². The summed E-state index contributed by atoms with van der Waals surface area (Å²) in [6.45, 7) is 18.5.